The molecule has 4 aromatic rings. The number of aliphatic hydroxyl groups excluding tert-OH is 1. The standard InChI is InChI=1S/C28H26N4O7S/c1-13-21(31-10-8-7-9-19(31)29-13)23(34)20-22(16-11-17(37-4)25(39-6)18(12-16)38-5)32(27(36)24(20)35)28-30-14(2)26(40-28)15(3)33/h7-12,22,34H,1-6H3. The third-order valence-corrected chi connectivity index (χ3v) is 7.94. The van der Waals surface area contributed by atoms with E-state index in [0.717, 1.165) is 11.3 Å². The Morgan fingerprint density at radius 2 is 1.68 bits per heavy atom. The van der Waals surface area contributed by atoms with Gasteiger partial charge in [-0.25, -0.2) is 9.97 Å². The van der Waals surface area contributed by atoms with Gasteiger partial charge < -0.3 is 19.3 Å². The van der Waals surface area contributed by atoms with Crippen LogP contribution in [0.15, 0.2) is 42.1 Å². The van der Waals surface area contributed by atoms with Gasteiger partial charge in [-0.05, 0) is 43.7 Å². The van der Waals surface area contributed by atoms with Crippen LogP contribution >= 0.6 is 11.3 Å². The molecule has 1 aromatic carbocycles. The van der Waals surface area contributed by atoms with Crippen molar-refractivity contribution in [3.05, 3.63) is 69.6 Å². The van der Waals surface area contributed by atoms with E-state index in [9.17, 15) is 19.5 Å². The fourth-order valence-electron chi connectivity index (χ4n) is 4.94. The molecular formula is C28H26N4O7S. The average molecular weight is 563 g/mol. The predicted octanol–water partition coefficient (Wildman–Crippen LogP) is 4.26. The number of anilines is 1. The van der Waals surface area contributed by atoms with E-state index in [0.29, 0.717) is 33.2 Å². The van der Waals surface area contributed by atoms with E-state index in [2.05, 4.69) is 9.97 Å². The number of thiazole rings is 1. The van der Waals surface area contributed by atoms with Crippen LogP contribution < -0.4 is 19.1 Å². The maximum Gasteiger partial charge on any atom is 0.301 e. The first-order valence-corrected chi connectivity index (χ1v) is 13.0. The van der Waals surface area contributed by atoms with E-state index in [1.54, 1.807) is 54.8 Å². The number of aliphatic hydroxyl groups is 1. The quantitative estimate of drug-likeness (QED) is 0.152. The number of hydrogen-bond donors (Lipinski definition) is 1. The van der Waals surface area contributed by atoms with Gasteiger partial charge in [-0.1, -0.05) is 17.4 Å². The number of aromatic nitrogens is 3. The van der Waals surface area contributed by atoms with Crippen LogP contribution in [0.2, 0.25) is 0 Å². The molecule has 11 nitrogen and oxygen atoms in total. The van der Waals surface area contributed by atoms with Gasteiger partial charge in [0.15, 0.2) is 28.2 Å². The Labute approximate surface area is 233 Å². The van der Waals surface area contributed by atoms with Crippen LogP contribution in [0.3, 0.4) is 0 Å². The average Bonchev–Trinajstić information content (AvgIpc) is 3.57. The smallest absolute Gasteiger partial charge is 0.301 e. The molecule has 1 aliphatic rings. The summed E-state index contributed by atoms with van der Waals surface area (Å²) in [5, 5.41) is 11.9. The number of amides is 1. The zero-order valence-corrected chi connectivity index (χ0v) is 23.5. The second-order valence-electron chi connectivity index (χ2n) is 9.07. The number of carbonyl (C=O) groups excluding carboxylic acids is 3. The first kappa shape index (κ1) is 26.9. The lowest BCUT2D eigenvalue weighted by molar-refractivity contribution is -0.132. The summed E-state index contributed by atoms with van der Waals surface area (Å²) in [5.41, 5.74) is 1.93. The summed E-state index contributed by atoms with van der Waals surface area (Å²) in [4.78, 5) is 50.1. The van der Waals surface area contributed by atoms with Gasteiger partial charge in [0.25, 0.3) is 5.78 Å². The predicted molar refractivity (Wildman–Crippen MR) is 148 cm³/mol. The molecule has 12 heteroatoms. The Morgan fingerprint density at radius 3 is 2.25 bits per heavy atom. The third-order valence-electron chi connectivity index (χ3n) is 6.69. The van der Waals surface area contributed by atoms with E-state index in [1.165, 1.54) is 33.2 Å². The van der Waals surface area contributed by atoms with Crippen molar-refractivity contribution >= 4 is 45.3 Å². The molecule has 0 spiro atoms. The summed E-state index contributed by atoms with van der Waals surface area (Å²) in [5.74, 6) is -1.57. The Kier molecular flexibility index (Phi) is 6.80. The van der Waals surface area contributed by atoms with Crippen molar-refractivity contribution in [2.24, 2.45) is 0 Å². The van der Waals surface area contributed by atoms with Crippen LogP contribution in [-0.4, -0.2) is 58.3 Å². The highest BCUT2D eigenvalue weighted by Gasteiger charge is 2.49. The molecule has 1 atom stereocenters. The summed E-state index contributed by atoms with van der Waals surface area (Å²) in [6.07, 6.45) is 1.71. The number of carbonyl (C=O) groups is 3. The Morgan fingerprint density at radius 1 is 1.00 bits per heavy atom. The van der Waals surface area contributed by atoms with Gasteiger partial charge in [-0.15, -0.1) is 0 Å². The van der Waals surface area contributed by atoms with E-state index in [1.807, 2.05) is 0 Å². The van der Waals surface area contributed by atoms with Gasteiger partial charge in [-0.3, -0.25) is 23.7 Å². The molecular weight excluding hydrogens is 536 g/mol. The van der Waals surface area contributed by atoms with Crippen LogP contribution in [0.1, 0.15) is 45.3 Å². The molecule has 1 saturated heterocycles. The molecule has 0 saturated carbocycles. The number of Topliss-reactive ketones (excluding diaryl/α,β-unsaturated/α-hetero) is 2. The minimum atomic E-state index is -1.15. The van der Waals surface area contributed by atoms with Gasteiger partial charge >= 0.3 is 5.91 Å². The SMILES string of the molecule is COc1cc(C2C(=C(O)c3c(C)nc4ccccn34)C(=O)C(=O)N2c2nc(C)c(C(C)=O)s2)cc(OC)c1OC. The Hall–Kier alpha value is -4.71. The number of benzene rings is 1. The van der Waals surface area contributed by atoms with Crippen molar-refractivity contribution in [1.82, 2.24) is 14.4 Å². The molecule has 206 valence electrons. The van der Waals surface area contributed by atoms with E-state index in [-0.39, 0.29) is 33.7 Å². The number of fused-ring (bicyclic) bond motifs is 1. The highest BCUT2D eigenvalue weighted by molar-refractivity contribution is 7.18. The van der Waals surface area contributed by atoms with Crippen LogP contribution in [0.25, 0.3) is 11.4 Å². The molecule has 3 aromatic heterocycles. The highest BCUT2D eigenvalue weighted by Crippen LogP contribution is 2.48. The third kappa shape index (κ3) is 4.08. The normalized spacial score (nSPS) is 16.6. The fourth-order valence-corrected chi connectivity index (χ4v) is 5.93. The Balaban J connectivity index is 1.83. The van der Waals surface area contributed by atoms with Crippen LogP contribution in [0.5, 0.6) is 17.2 Å². The number of ketones is 2. The number of aryl methyl sites for hydroxylation is 2. The molecule has 1 amide bonds. The molecule has 0 radical (unpaired) electrons. The summed E-state index contributed by atoms with van der Waals surface area (Å²) < 4.78 is 18.2. The van der Waals surface area contributed by atoms with Crippen molar-refractivity contribution in [3.63, 3.8) is 0 Å². The number of ether oxygens (including phenoxy) is 3. The van der Waals surface area contributed by atoms with E-state index < -0.39 is 23.5 Å². The second-order valence-corrected chi connectivity index (χ2v) is 10.0. The number of pyridine rings is 1. The van der Waals surface area contributed by atoms with Crippen molar-refractivity contribution < 1.29 is 33.7 Å². The van der Waals surface area contributed by atoms with Gasteiger partial charge in [0.2, 0.25) is 5.75 Å². The van der Waals surface area contributed by atoms with Crippen molar-refractivity contribution in [2.75, 3.05) is 26.2 Å². The lowest BCUT2D eigenvalue weighted by atomic mass is 9.95. The minimum Gasteiger partial charge on any atom is -0.505 e. The molecule has 1 N–H and O–H groups in total. The minimum absolute atomic E-state index is 0.137. The lowest BCUT2D eigenvalue weighted by Crippen LogP contribution is -2.29. The number of methoxy groups -OCH3 is 3. The number of imidazole rings is 1. The van der Waals surface area contributed by atoms with Crippen LogP contribution in [-0.2, 0) is 9.59 Å². The molecule has 1 aliphatic heterocycles. The summed E-state index contributed by atoms with van der Waals surface area (Å²) in [6.45, 7) is 4.77. The molecule has 4 heterocycles. The summed E-state index contributed by atoms with van der Waals surface area (Å²) in [6, 6.07) is 7.39. The molecule has 5 rings (SSSR count). The van der Waals surface area contributed by atoms with Gasteiger partial charge in [0.1, 0.15) is 11.3 Å². The molecule has 0 bridgehead atoms. The van der Waals surface area contributed by atoms with Gasteiger partial charge in [0, 0.05) is 13.1 Å². The first-order chi connectivity index (χ1) is 19.1. The Bertz CT molecular complexity index is 1710. The summed E-state index contributed by atoms with van der Waals surface area (Å²) in [7, 11) is 4.35. The zero-order chi connectivity index (χ0) is 28.9. The van der Waals surface area contributed by atoms with Crippen molar-refractivity contribution in [3.8, 4) is 17.2 Å². The monoisotopic (exact) mass is 562 g/mol. The van der Waals surface area contributed by atoms with Gasteiger partial charge in [0.05, 0.1) is 49.2 Å². The highest BCUT2D eigenvalue weighted by atomic mass is 32.1. The molecule has 0 aliphatic carbocycles. The van der Waals surface area contributed by atoms with Crippen molar-refractivity contribution in [1.29, 1.82) is 0 Å². The second kappa shape index (κ2) is 10.1. The van der Waals surface area contributed by atoms with Gasteiger partial charge in [-0.2, -0.15) is 0 Å². The van der Waals surface area contributed by atoms with E-state index >= 15 is 0 Å². The maximum absolute atomic E-state index is 13.7. The zero-order valence-electron chi connectivity index (χ0n) is 22.6. The fraction of sp³-hybridized carbons (Fsp3) is 0.250. The number of rotatable bonds is 7. The molecule has 1 unspecified atom stereocenters. The lowest BCUT2D eigenvalue weighted by Gasteiger charge is -2.24. The number of hydrogen-bond acceptors (Lipinski definition) is 10. The van der Waals surface area contributed by atoms with E-state index in [4.69, 9.17) is 14.2 Å². The number of nitrogens with zero attached hydrogens (tertiary/aromatic N) is 4. The summed E-state index contributed by atoms with van der Waals surface area (Å²) >= 11 is 0.997. The maximum atomic E-state index is 13.7. The molecule has 40 heavy (non-hydrogen) atoms. The first-order valence-electron chi connectivity index (χ1n) is 12.2. The van der Waals surface area contributed by atoms with Crippen molar-refractivity contribution in [2.45, 2.75) is 26.8 Å². The topological polar surface area (TPSA) is 133 Å². The molecule has 1 fully saturated rings. The van der Waals surface area contributed by atoms with Crippen LogP contribution in [0, 0.1) is 13.8 Å². The van der Waals surface area contributed by atoms with Crippen LogP contribution in [0.4, 0.5) is 5.13 Å². The largest absolute Gasteiger partial charge is 0.505 e.